The van der Waals surface area contributed by atoms with Gasteiger partial charge in [0.25, 0.3) is 0 Å². The Labute approximate surface area is 111 Å². The number of rotatable bonds is 4. The Morgan fingerprint density at radius 1 is 1.47 bits per heavy atom. The van der Waals surface area contributed by atoms with Gasteiger partial charge in [-0.1, -0.05) is 0 Å². The fraction of sp³-hybridized carbons (Fsp3) is 0.538. The second-order valence-electron chi connectivity index (χ2n) is 4.74. The van der Waals surface area contributed by atoms with Crippen molar-refractivity contribution in [1.29, 1.82) is 0 Å². The zero-order valence-electron chi connectivity index (χ0n) is 10.9. The normalized spacial score (nSPS) is 17.3. The van der Waals surface area contributed by atoms with E-state index in [-0.39, 0.29) is 17.6 Å². The van der Waals surface area contributed by atoms with Crippen LogP contribution in [0.5, 0.6) is 0 Å². The van der Waals surface area contributed by atoms with Gasteiger partial charge in [-0.25, -0.2) is 4.79 Å². The summed E-state index contributed by atoms with van der Waals surface area (Å²) in [5, 5.41) is 11.6. The van der Waals surface area contributed by atoms with E-state index in [1.165, 1.54) is 6.26 Å². The van der Waals surface area contributed by atoms with E-state index in [0.717, 1.165) is 25.9 Å². The molecule has 1 saturated heterocycles. The molecule has 6 heteroatoms. The first-order chi connectivity index (χ1) is 9.11. The summed E-state index contributed by atoms with van der Waals surface area (Å²) in [5.74, 6) is -0.868. The van der Waals surface area contributed by atoms with E-state index in [9.17, 15) is 9.59 Å². The number of furan rings is 1. The van der Waals surface area contributed by atoms with Crippen molar-refractivity contribution >= 4 is 11.9 Å². The summed E-state index contributed by atoms with van der Waals surface area (Å²) in [4.78, 5) is 24.6. The van der Waals surface area contributed by atoms with Gasteiger partial charge in [-0.2, -0.15) is 0 Å². The Morgan fingerprint density at radius 3 is 2.74 bits per heavy atom. The highest BCUT2D eigenvalue weighted by Gasteiger charge is 2.25. The van der Waals surface area contributed by atoms with Gasteiger partial charge < -0.3 is 14.8 Å². The predicted molar refractivity (Wildman–Crippen MR) is 67.7 cm³/mol. The molecule has 104 valence electrons. The molecule has 1 aliphatic heterocycles. The maximum atomic E-state index is 11.5. The molecule has 0 spiro atoms. The summed E-state index contributed by atoms with van der Waals surface area (Å²) < 4.78 is 4.95. The zero-order chi connectivity index (χ0) is 13.8. The molecule has 0 radical (unpaired) electrons. The van der Waals surface area contributed by atoms with Crippen LogP contribution in [0.1, 0.15) is 29.0 Å². The standard InChI is InChI=1S/C13H18N2O4/c1-14-12(16)9-2-5-15(6-3-9)8-10-4-7-19-11(10)13(17)18/h4,7,9H,2-3,5-6,8H2,1H3,(H,14,16)(H,17,18). The fourth-order valence-corrected chi connectivity index (χ4v) is 2.45. The predicted octanol–water partition coefficient (Wildman–Crippen LogP) is 0.936. The van der Waals surface area contributed by atoms with Gasteiger partial charge in [0.1, 0.15) is 0 Å². The van der Waals surface area contributed by atoms with Crippen LogP contribution in [0.15, 0.2) is 16.7 Å². The number of hydrogen-bond acceptors (Lipinski definition) is 4. The van der Waals surface area contributed by atoms with E-state index >= 15 is 0 Å². The van der Waals surface area contributed by atoms with Crippen LogP contribution in [-0.2, 0) is 11.3 Å². The molecule has 2 N–H and O–H groups in total. The van der Waals surface area contributed by atoms with Gasteiger partial charge in [0.05, 0.1) is 6.26 Å². The van der Waals surface area contributed by atoms with Crippen molar-refractivity contribution in [2.75, 3.05) is 20.1 Å². The molecule has 0 aromatic carbocycles. The van der Waals surface area contributed by atoms with Crippen LogP contribution in [-0.4, -0.2) is 42.0 Å². The molecular weight excluding hydrogens is 248 g/mol. The molecule has 1 aliphatic rings. The first kappa shape index (κ1) is 13.6. The maximum Gasteiger partial charge on any atom is 0.372 e. The molecule has 0 bridgehead atoms. The van der Waals surface area contributed by atoms with E-state index in [1.807, 2.05) is 0 Å². The number of carbonyl (C=O) groups excluding carboxylic acids is 1. The first-order valence-corrected chi connectivity index (χ1v) is 6.35. The van der Waals surface area contributed by atoms with Crippen LogP contribution in [0.3, 0.4) is 0 Å². The average Bonchev–Trinajstić information content (AvgIpc) is 2.87. The summed E-state index contributed by atoms with van der Waals surface area (Å²) in [6.45, 7) is 2.14. The van der Waals surface area contributed by atoms with E-state index in [4.69, 9.17) is 9.52 Å². The maximum absolute atomic E-state index is 11.5. The SMILES string of the molecule is CNC(=O)C1CCN(Cc2ccoc2C(=O)O)CC1. The number of carboxylic acid groups (broad SMARTS) is 1. The van der Waals surface area contributed by atoms with Crippen molar-refractivity contribution in [2.24, 2.45) is 5.92 Å². The van der Waals surface area contributed by atoms with Crippen molar-refractivity contribution in [2.45, 2.75) is 19.4 Å². The van der Waals surface area contributed by atoms with Gasteiger partial charge >= 0.3 is 5.97 Å². The summed E-state index contributed by atoms with van der Waals surface area (Å²) in [6, 6.07) is 1.69. The average molecular weight is 266 g/mol. The van der Waals surface area contributed by atoms with E-state index in [1.54, 1.807) is 13.1 Å². The monoisotopic (exact) mass is 266 g/mol. The van der Waals surface area contributed by atoms with Gasteiger partial charge in [-0.15, -0.1) is 0 Å². The van der Waals surface area contributed by atoms with Gasteiger partial charge in [0, 0.05) is 25.1 Å². The van der Waals surface area contributed by atoms with E-state index in [0.29, 0.717) is 12.1 Å². The number of nitrogens with zero attached hydrogens (tertiary/aromatic N) is 1. The van der Waals surface area contributed by atoms with Crippen molar-refractivity contribution in [3.63, 3.8) is 0 Å². The quantitative estimate of drug-likeness (QED) is 0.847. The molecule has 1 fully saturated rings. The Hall–Kier alpha value is -1.82. The van der Waals surface area contributed by atoms with Crippen molar-refractivity contribution in [3.8, 4) is 0 Å². The second kappa shape index (κ2) is 5.88. The molecule has 0 atom stereocenters. The van der Waals surface area contributed by atoms with E-state index < -0.39 is 5.97 Å². The van der Waals surface area contributed by atoms with Gasteiger partial charge in [0.2, 0.25) is 11.7 Å². The molecular formula is C13H18N2O4. The molecule has 0 saturated carbocycles. The fourth-order valence-electron chi connectivity index (χ4n) is 2.45. The van der Waals surface area contributed by atoms with Crippen LogP contribution < -0.4 is 5.32 Å². The van der Waals surface area contributed by atoms with Gasteiger partial charge in [-0.3, -0.25) is 9.69 Å². The lowest BCUT2D eigenvalue weighted by atomic mass is 9.95. The Bertz CT molecular complexity index is 461. The zero-order valence-corrected chi connectivity index (χ0v) is 10.9. The first-order valence-electron chi connectivity index (χ1n) is 6.35. The minimum Gasteiger partial charge on any atom is -0.475 e. The molecule has 1 amide bonds. The number of carbonyl (C=O) groups is 2. The molecule has 1 aromatic rings. The number of aromatic carboxylic acids is 1. The van der Waals surface area contributed by atoms with E-state index in [2.05, 4.69) is 10.2 Å². The highest BCUT2D eigenvalue weighted by atomic mass is 16.4. The minimum absolute atomic E-state index is 0.00780. The van der Waals surface area contributed by atoms with Crippen LogP contribution in [0.25, 0.3) is 0 Å². The number of amides is 1. The third kappa shape index (κ3) is 3.14. The molecule has 19 heavy (non-hydrogen) atoms. The van der Waals surface area contributed by atoms with Crippen LogP contribution in [0, 0.1) is 5.92 Å². The summed E-state index contributed by atoms with van der Waals surface area (Å²) >= 11 is 0. The third-order valence-corrected chi connectivity index (χ3v) is 3.54. The number of nitrogens with one attached hydrogen (secondary N) is 1. The Balaban J connectivity index is 1.90. The molecule has 2 heterocycles. The minimum atomic E-state index is -1.04. The largest absolute Gasteiger partial charge is 0.475 e. The molecule has 1 aromatic heterocycles. The van der Waals surface area contributed by atoms with Crippen LogP contribution in [0.4, 0.5) is 0 Å². The lowest BCUT2D eigenvalue weighted by Crippen LogP contribution is -2.39. The molecule has 0 unspecified atom stereocenters. The topological polar surface area (TPSA) is 82.8 Å². The smallest absolute Gasteiger partial charge is 0.372 e. The highest BCUT2D eigenvalue weighted by molar-refractivity contribution is 5.86. The second-order valence-corrected chi connectivity index (χ2v) is 4.74. The highest BCUT2D eigenvalue weighted by Crippen LogP contribution is 2.20. The Kier molecular flexibility index (Phi) is 4.21. The molecule has 0 aliphatic carbocycles. The third-order valence-electron chi connectivity index (χ3n) is 3.54. The number of piperidine rings is 1. The van der Waals surface area contributed by atoms with Gasteiger partial charge in [0.15, 0.2) is 0 Å². The van der Waals surface area contributed by atoms with Crippen LogP contribution >= 0.6 is 0 Å². The Morgan fingerprint density at radius 2 is 2.16 bits per heavy atom. The van der Waals surface area contributed by atoms with Crippen molar-refractivity contribution < 1.29 is 19.1 Å². The summed E-state index contributed by atoms with van der Waals surface area (Å²) in [7, 11) is 1.65. The van der Waals surface area contributed by atoms with Gasteiger partial charge in [-0.05, 0) is 32.0 Å². The lowest BCUT2D eigenvalue weighted by Gasteiger charge is -2.30. The summed E-state index contributed by atoms with van der Waals surface area (Å²) in [5.41, 5.74) is 0.686. The number of hydrogen-bond donors (Lipinski definition) is 2. The molecule has 6 nitrogen and oxygen atoms in total. The van der Waals surface area contributed by atoms with Crippen molar-refractivity contribution in [1.82, 2.24) is 10.2 Å². The number of carboxylic acids is 1. The molecule has 2 rings (SSSR count). The summed E-state index contributed by atoms with van der Waals surface area (Å²) in [6.07, 6.45) is 3.01. The number of likely N-dealkylation sites (tertiary alicyclic amines) is 1. The lowest BCUT2D eigenvalue weighted by molar-refractivity contribution is -0.125. The van der Waals surface area contributed by atoms with Crippen molar-refractivity contribution in [3.05, 3.63) is 23.7 Å². The van der Waals surface area contributed by atoms with Crippen LogP contribution in [0.2, 0.25) is 0 Å².